The lowest BCUT2D eigenvalue weighted by Crippen LogP contribution is -2.67. The van der Waals surface area contributed by atoms with Crippen molar-refractivity contribution in [3.05, 3.63) is 0 Å². The first-order valence-electron chi connectivity index (χ1n) is 7.65. The van der Waals surface area contributed by atoms with Crippen molar-refractivity contribution in [2.24, 2.45) is 0 Å². The smallest absolute Gasteiger partial charge is 0.0600 e. The molecule has 0 spiro atoms. The molecule has 3 unspecified atom stereocenters. The first-order chi connectivity index (χ1) is 8.36. The maximum Gasteiger partial charge on any atom is 0.0600 e. The number of hydrogen-bond acceptors (Lipinski definition) is 3. The first kappa shape index (κ1) is 18.1. The molecule has 0 saturated heterocycles. The van der Waals surface area contributed by atoms with Crippen LogP contribution < -0.4 is 16.0 Å². The van der Waals surface area contributed by atoms with Gasteiger partial charge in [0, 0.05) is 34.9 Å². The van der Waals surface area contributed by atoms with Gasteiger partial charge in [0.25, 0.3) is 0 Å². The van der Waals surface area contributed by atoms with E-state index in [4.69, 9.17) is 0 Å². The van der Waals surface area contributed by atoms with Crippen molar-refractivity contribution in [1.29, 1.82) is 0 Å². The van der Waals surface area contributed by atoms with Crippen LogP contribution >= 0.6 is 0 Å². The molecule has 0 saturated carbocycles. The maximum atomic E-state index is 3.78. The second-order valence-electron chi connectivity index (χ2n) is 5.93. The van der Waals surface area contributed by atoms with Crippen LogP contribution in [0.3, 0.4) is 0 Å². The molecule has 3 N–H and O–H groups in total. The van der Waals surface area contributed by atoms with Crippen molar-refractivity contribution >= 4 is 10.2 Å². The molecule has 3 nitrogen and oxygen atoms in total. The summed E-state index contributed by atoms with van der Waals surface area (Å²) >= 11 is 0. The highest BCUT2D eigenvalue weighted by molar-refractivity contribution is 6.15. The molecule has 0 amide bonds. The summed E-state index contributed by atoms with van der Waals surface area (Å²) in [5, 5.41) is 11.3. The van der Waals surface area contributed by atoms with E-state index in [1.165, 1.54) is 19.3 Å². The normalized spacial score (nSPS) is 20.3. The minimum atomic E-state index is 0.105. The zero-order valence-corrected chi connectivity index (χ0v) is 15.6. The van der Waals surface area contributed by atoms with E-state index in [-0.39, 0.29) is 5.29 Å². The summed E-state index contributed by atoms with van der Waals surface area (Å²) in [5.41, 5.74) is 0. The third-order valence-electron chi connectivity index (χ3n) is 3.77. The summed E-state index contributed by atoms with van der Waals surface area (Å²) in [6.45, 7) is 14.5. The summed E-state index contributed by atoms with van der Waals surface area (Å²) in [4.78, 5) is 0. The summed E-state index contributed by atoms with van der Waals surface area (Å²) in [6.07, 6.45) is 3.54. The van der Waals surface area contributed by atoms with Crippen LogP contribution in [0.5, 0.6) is 0 Å². The van der Waals surface area contributed by atoms with Crippen LogP contribution in [0.25, 0.3) is 0 Å². The van der Waals surface area contributed by atoms with Crippen LogP contribution in [-0.4, -0.2) is 40.2 Å². The van der Waals surface area contributed by atoms with Gasteiger partial charge in [-0.25, -0.2) is 0 Å². The molecule has 0 aromatic carbocycles. The Balaban J connectivity index is 4.47. The molecule has 0 aliphatic carbocycles. The Morgan fingerprint density at radius 1 is 0.833 bits per heavy atom. The van der Waals surface area contributed by atoms with Gasteiger partial charge in [-0.2, -0.15) is 0 Å². The Labute approximate surface area is 117 Å². The van der Waals surface area contributed by atoms with Crippen molar-refractivity contribution in [2.45, 2.75) is 84.2 Å². The minimum absolute atomic E-state index is 0.105. The Bertz CT molecular complexity index is 199. The topological polar surface area (TPSA) is 36.1 Å². The molecule has 0 rings (SSSR count). The van der Waals surface area contributed by atoms with Gasteiger partial charge in [-0.15, -0.1) is 0 Å². The number of nitrogens with one attached hydrogen (secondary N) is 3. The molecule has 3 atom stereocenters. The van der Waals surface area contributed by atoms with Crippen LogP contribution in [0.1, 0.15) is 60.8 Å². The Hall–Kier alpha value is 0.0969. The van der Waals surface area contributed by atoms with Crippen LogP contribution in [0.4, 0.5) is 0 Å². The molecule has 0 aromatic heterocycles. The van der Waals surface area contributed by atoms with E-state index in [9.17, 15) is 0 Å². The van der Waals surface area contributed by atoms with E-state index in [0.717, 1.165) is 16.8 Å². The lowest BCUT2D eigenvalue weighted by atomic mass is 10.2. The zero-order chi connectivity index (χ0) is 14.2. The average molecular weight is 274 g/mol. The summed E-state index contributed by atoms with van der Waals surface area (Å²) in [7, 11) is 1.10. The summed E-state index contributed by atoms with van der Waals surface area (Å²) < 4.78 is 0. The largest absolute Gasteiger partial charge is 0.311 e. The third-order valence-corrected chi connectivity index (χ3v) is 4.70. The van der Waals surface area contributed by atoms with Crippen molar-refractivity contribution < 1.29 is 0 Å². The standard InChI is InChI=1S/C14H35N3Si/c1-7-11(4)15-10-14(18,16-12(5)8-2)17-13(6)9-3/h11-13,15-17H,7-10H2,1-6,18H3. The van der Waals surface area contributed by atoms with Gasteiger partial charge >= 0.3 is 0 Å². The zero-order valence-electron chi connectivity index (χ0n) is 13.6. The van der Waals surface area contributed by atoms with Crippen molar-refractivity contribution in [2.75, 3.05) is 6.54 Å². The van der Waals surface area contributed by atoms with Gasteiger partial charge in [-0.1, -0.05) is 20.8 Å². The predicted octanol–water partition coefficient (Wildman–Crippen LogP) is 1.17. The molecule has 0 fully saturated rings. The average Bonchev–Trinajstić information content (AvgIpc) is 2.35. The Kier molecular flexibility index (Phi) is 9.12. The molecule has 0 radical (unpaired) electrons. The maximum absolute atomic E-state index is 3.78. The second-order valence-corrected chi connectivity index (χ2v) is 7.64. The lowest BCUT2D eigenvalue weighted by Gasteiger charge is -2.38. The summed E-state index contributed by atoms with van der Waals surface area (Å²) in [6, 6.07) is 1.73. The Morgan fingerprint density at radius 2 is 1.22 bits per heavy atom. The van der Waals surface area contributed by atoms with Gasteiger partial charge in [-0.3, -0.25) is 10.6 Å². The minimum Gasteiger partial charge on any atom is -0.311 e. The van der Waals surface area contributed by atoms with Gasteiger partial charge in [0.05, 0.1) is 5.29 Å². The monoisotopic (exact) mass is 273 g/mol. The van der Waals surface area contributed by atoms with Gasteiger partial charge in [0.1, 0.15) is 0 Å². The number of hydrogen-bond donors (Lipinski definition) is 3. The molecule has 4 heteroatoms. The number of rotatable bonds is 10. The fraction of sp³-hybridized carbons (Fsp3) is 1.00. The van der Waals surface area contributed by atoms with Gasteiger partial charge in [-0.05, 0) is 40.0 Å². The van der Waals surface area contributed by atoms with Crippen LogP contribution in [0.2, 0.25) is 0 Å². The highest BCUT2D eigenvalue weighted by Gasteiger charge is 2.26. The van der Waals surface area contributed by atoms with Crippen LogP contribution in [0.15, 0.2) is 0 Å². The van der Waals surface area contributed by atoms with Crippen LogP contribution in [-0.2, 0) is 0 Å². The summed E-state index contributed by atoms with van der Waals surface area (Å²) in [5.74, 6) is 0. The molecular formula is C14H35N3Si. The third kappa shape index (κ3) is 7.51. The highest BCUT2D eigenvalue weighted by Crippen LogP contribution is 2.03. The van der Waals surface area contributed by atoms with E-state index in [0.29, 0.717) is 18.1 Å². The lowest BCUT2D eigenvalue weighted by molar-refractivity contribution is 0.278. The molecule has 110 valence electrons. The fourth-order valence-corrected chi connectivity index (χ4v) is 3.15. The molecular weight excluding hydrogens is 238 g/mol. The van der Waals surface area contributed by atoms with Gasteiger partial charge < -0.3 is 5.32 Å². The van der Waals surface area contributed by atoms with E-state index in [1.807, 2.05) is 0 Å². The molecule has 18 heavy (non-hydrogen) atoms. The molecule has 0 aliphatic rings. The second kappa shape index (κ2) is 9.07. The first-order valence-corrected chi connectivity index (χ1v) is 8.65. The quantitative estimate of drug-likeness (QED) is 0.413. The highest BCUT2D eigenvalue weighted by atomic mass is 28.1. The van der Waals surface area contributed by atoms with Crippen molar-refractivity contribution in [3.63, 3.8) is 0 Å². The van der Waals surface area contributed by atoms with E-state index in [2.05, 4.69) is 57.5 Å². The van der Waals surface area contributed by atoms with Crippen molar-refractivity contribution in [1.82, 2.24) is 16.0 Å². The molecule has 0 aliphatic heterocycles. The van der Waals surface area contributed by atoms with Crippen LogP contribution in [0, 0.1) is 0 Å². The van der Waals surface area contributed by atoms with Gasteiger partial charge in [0.15, 0.2) is 0 Å². The van der Waals surface area contributed by atoms with E-state index in [1.54, 1.807) is 0 Å². The SMILES string of the molecule is CCC(C)NCC([SiH3])(NC(C)CC)NC(C)CC. The molecule has 0 heterocycles. The fourth-order valence-electron chi connectivity index (χ4n) is 1.96. The predicted molar refractivity (Wildman–Crippen MR) is 86.2 cm³/mol. The molecule has 0 bridgehead atoms. The van der Waals surface area contributed by atoms with Crippen molar-refractivity contribution in [3.8, 4) is 0 Å². The molecule has 0 aromatic rings. The van der Waals surface area contributed by atoms with E-state index < -0.39 is 0 Å². The van der Waals surface area contributed by atoms with E-state index >= 15 is 0 Å². The van der Waals surface area contributed by atoms with Gasteiger partial charge in [0.2, 0.25) is 0 Å². The Morgan fingerprint density at radius 3 is 1.56 bits per heavy atom.